The number of alkyl halides is 3. The van der Waals surface area contributed by atoms with Gasteiger partial charge in [-0.1, -0.05) is 0 Å². The van der Waals surface area contributed by atoms with Crippen LogP contribution in [0.3, 0.4) is 0 Å². The molecule has 1 aliphatic carbocycles. The largest absolute Gasteiger partial charge is 0.491 e. The number of hydrogen-bond acceptors (Lipinski definition) is 4. The first-order valence-electron chi connectivity index (χ1n) is 6.15. The lowest BCUT2D eigenvalue weighted by atomic mass is 10.3. The Balaban J connectivity index is 2.13. The van der Waals surface area contributed by atoms with E-state index in [1.807, 2.05) is 0 Å². The van der Waals surface area contributed by atoms with Gasteiger partial charge in [0.2, 0.25) is 10.0 Å². The van der Waals surface area contributed by atoms with Gasteiger partial charge in [0.25, 0.3) is 0 Å². The number of ether oxygens (including phenoxy) is 1. The molecule has 0 heterocycles. The van der Waals surface area contributed by atoms with E-state index in [2.05, 4.69) is 0 Å². The molecule has 118 valence electrons. The zero-order chi connectivity index (χ0) is 15.7. The zero-order valence-electron chi connectivity index (χ0n) is 10.9. The summed E-state index contributed by atoms with van der Waals surface area (Å²) in [5.41, 5.74) is -2.34. The van der Waals surface area contributed by atoms with Crippen molar-refractivity contribution in [2.45, 2.75) is 29.5 Å². The first kappa shape index (κ1) is 16.1. The average molecular weight is 325 g/mol. The van der Waals surface area contributed by atoms with Crippen LogP contribution < -0.4 is 9.46 Å². The molecule has 21 heavy (non-hydrogen) atoms. The van der Waals surface area contributed by atoms with Gasteiger partial charge in [0.1, 0.15) is 17.9 Å². The molecule has 0 unspecified atom stereocenters. The number of aliphatic hydroxyl groups excluding tert-OH is 1. The Kier molecular flexibility index (Phi) is 4.18. The second-order valence-electron chi connectivity index (χ2n) is 4.73. The van der Waals surface area contributed by atoms with E-state index in [1.54, 1.807) is 4.72 Å². The van der Waals surface area contributed by atoms with Crippen molar-refractivity contribution in [2.75, 3.05) is 13.2 Å². The number of aliphatic hydroxyl groups is 1. The van der Waals surface area contributed by atoms with Gasteiger partial charge in [0.15, 0.2) is 0 Å². The van der Waals surface area contributed by atoms with E-state index in [9.17, 15) is 21.6 Å². The van der Waals surface area contributed by atoms with E-state index in [0.29, 0.717) is 5.75 Å². The third-order valence-corrected chi connectivity index (χ3v) is 4.67. The number of rotatable bonds is 6. The predicted molar refractivity (Wildman–Crippen MR) is 67.4 cm³/mol. The number of hydrogen-bond donors (Lipinski definition) is 2. The average Bonchev–Trinajstić information content (AvgIpc) is 3.16. The first-order chi connectivity index (χ1) is 9.70. The van der Waals surface area contributed by atoms with Crippen molar-refractivity contribution in [1.29, 1.82) is 0 Å². The van der Waals surface area contributed by atoms with E-state index in [4.69, 9.17) is 9.84 Å². The van der Waals surface area contributed by atoms with Crippen LogP contribution in [0.25, 0.3) is 0 Å². The van der Waals surface area contributed by atoms with Crippen molar-refractivity contribution >= 4 is 10.0 Å². The molecule has 1 aromatic rings. The van der Waals surface area contributed by atoms with Crippen LogP contribution >= 0.6 is 0 Å². The summed E-state index contributed by atoms with van der Waals surface area (Å²) in [6.07, 6.45) is -5.12. The second kappa shape index (κ2) is 5.47. The summed E-state index contributed by atoms with van der Waals surface area (Å²) in [7, 11) is -4.25. The summed E-state index contributed by atoms with van der Waals surface area (Å²) in [5, 5.41) is 8.58. The Morgan fingerprint density at radius 3 is 2.24 bits per heavy atom. The Bertz CT molecular complexity index is 594. The molecule has 0 atom stereocenters. The highest BCUT2D eigenvalue weighted by Crippen LogP contribution is 2.49. The molecule has 5 nitrogen and oxygen atoms in total. The fourth-order valence-electron chi connectivity index (χ4n) is 1.76. The van der Waals surface area contributed by atoms with Crippen LogP contribution in [0.5, 0.6) is 5.75 Å². The zero-order valence-corrected chi connectivity index (χ0v) is 11.7. The summed E-state index contributed by atoms with van der Waals surface area (Å²) in [5.74, 6) is 0.319. The highest BCUT2D eigenvalue weighted by atomic mass is 32.2. The summed E-state index contributed by atoms with van der Waals surface area (Å²) < 4.78 is 69.0. The normalized spacial score (nSPS) is 17.5. The molecule has 1 aliphatic rings. The molecule has 0 saturated heterocycles. The van der Waals surface area contributed by atoms with Crippen molar-refractivity contribution in [3.05, 3.63) is 24.3 Å². The Hall–Kier alpha value is -1.32. The Morgan fingerprint density at radius 1 is 1.24 bits per heavy atom. The molecule has 2 rings (SSSR count). The third-order valence-electron chi connectivity index (χ3n) is 3.12. The quantitative estimate of drug-likeness (QED) is 0.830. The first-order valence-corrected chi connectivity index (χ1v) is 7.63. The lowest BCUT2D eigenvalue weighted by Crippen LogP contribution is -2.47. The van der Waals surface area contributed by atoms with Crippen LogP contribution in [0.4, 0.5) is 13.2 Å². The smallest absolute Gasteiger partial charge is 0.407 e. The van der Waals surface area contributed by atoms with E-state index in [0.717, 1.165) is 12.1 Å². The molecule has 2 N–H and O–H groups in total. The highest BCUT2D eigenvalue weighted by Gasteiger charge is 2.65. The van der Waals surface area contributed by atoms with E-state index < -0.39 is 21.7 Å². The SMILES string of the molecule is O=S(=O)(NC1(C(F)(F)F)CC1)c1ccc(OCCO)cc1. The molecule has 0 radical (unpaired) electrons. The van der Waals surface area contributed by atoms with E-state index in [-0.39, 0.29) is 31.0 Å². The Labute approximate surface area is 119 Å². The molecule has 1 aromatic carbocycles. The van der Waals surface area contributed by atoms with Crippen molar-refractivity contribution in [3.63, 3.8) is 0 Å². The van der Waals surface area contributed by atoms with Gasteiger partial charge in [0, 0.05) is 0 Å². The Morgan fingerprint density at radius 2 is 1.81 bits per heavy atom. The maximum absolute atomic E-state index is 12.8. The van der Waals surface area contributed by atoms with Gasteiger partial charge in [-0.25, -0.2) is 8.42 Å². The molecule has 0 spiro atoms. The molecular weight excluding hydrogens is 311 g/mol. The molecule has 1 saturated carbocycles. The standard InChI is InChI=1S/C12H14F3NO4S/c13-12(14,15)11(5-6-11)16-21(18,19)10-3-1-9(2-4-10)20-8-7-17/h1-4,16-17H,5-8H2. The molecular formula is C12H14F3NO4S. The van der Waals surface area contributed by atoms with E-state index >= 15 is 0 Å². The molecule has 0 bridgehead atoms. The van der Waals surface area contributed by atoms with Crippen molar-refractivity contribution in [2.24, 2.45) is 0 Å². The molecule has 0 amide bonds. The van der Waals surface area contributed by atoms with Crippen LogP contribution in [0.2, 0.25) is 0 Å². The second-order valence-corrected chi connectivity index (χ2v) is 6.41. The summed E-state index contributed by atoms with van der Waals surface area (Å²) in [6.45, 7) is -0.156. The number of sulfonamides is 1. The number of benzene rings is 1. The summed E-state index contributed by atoms with van der Waals surface area (Å²) >= 11 is 0. The predicted octanol–water partition coefficient (Wildman–Crippen LogP) is 1.43. The molecule has 0 aromatic heterocycles. The number of halogens is 3. The monoisotopic (exact) mass is 325 g/mol. The van der Waals surface area contributed by atoms with Crippen molar-refractivity contribution in [1.82, 2.24) is 4.72 Å². The van der Waals surface area contributed by atoms with Gasteiger partial charge in [0.05, 0.1) is 11.5 Å². The minimum atomic E-state index is -4.61. The topological polar surface area (TPSA) is 75.6 Å². The van der Waals surface area contributed by atoms with Crippen LogP contribution in [-0.2, 0) is 10.0 Å². The summed E-state index contributed by atoms with van der Waals surface area (Å²) in [6, 6.07) is 4.94. The molecule has 0 aliphatic heterocycles. The van der Waals surface area contributed by atoms with Crippen molar-refractivity contribution < 1.29 is 31.4 Å². The van der Waals surface area contributed by atoms with Crippen molar-refractivity contribution in [3.8, 4) is 5.75 Å². The lowest BCUT2D eigenvalue weighted by Gasteiger charge is -2.20. The van der Waals surface area contributed by atoms with Gasteiger partial charge in [-0.2, -0.15) is 17.9 Å². The van der Waals surface area contributed by atoms with Gasteiger partial charge in [-0.05, 0) is 37.1 Å². The lowest BCUT2D eigenvalue weighted by molar-refractivity contribution is -0.160. The van der Waals surface area contributed by atoms with E-state index in [1.165, 1.54) is 12.1 Å². The molecule has 9 heteroatoms. The van der Waals surface area contributed by atoms with Gasteiger partial charge >= 0.3 is 6.18 Å². The van der Waals surface area contributed by atoms with Crippen LogP contribution in [-0.4, -0.2) is 38.5 Å². The minimum Gasteiger partial charge on any atom is -0.491 e. The third kappa shape index (κ3) is 3.47. The van der Waals surface area contributed by atoms with Crippen LogP contribution in [0, 0.1) is 0 Å². The fraction of sp³-hybridized carbons (Fsp3) is 0.500. The maximum atomic E-state index is 12.8. The van der Waals surface area contributed by atoms with Crippen LogP contribution in [0.1, 0.15) is 12.8 Å². The summed E-state index contributed by atoms with van der Waals surface area (Å²) in [4.78, 5) is -0.269. The van der Waals surface area contributed by atoms with Gasteiger partial charge < -0.3 is 9.84 Å². The molecule has 1 fully saturated rings. The minimum absolute atomic E-state index is 0.0432. The maximum Gasteiger partial charge on any atom is 0.407 e. The highest BCUT2D eigenvalue weighted by molar-refractivity contribution is 7.89. The van der Waals surface area contributed by atoms with Gasteiger partial charge in [-0.3, -0.25) is 0 Å². The van der Waals surface area contributed by atoms with Crippen LogP contribution in [0.15, 0.2) is 29.2 Å². The fourth-order valence-corrected chi connectivity index (χ4v) is 3.21. The number of nitrogens with one attached hydrogen (secondary N) is 1. The van der Waals surface area contributed by atoms with Gasteiger partial charge in [-0.15, -0.1) is 0 Å².